The van der Waals surface area contributed by atoms with Crippen LogP contribution in [0.1, 0.15) is 39.0 Å². The lowest BCUT2D eigenvalue weighted by molar-refractivity contribution is -0.135. The van der Waals surface area contributed by atoms with Crippen molar-refractivity contribution in [2.24, 2.45) is 5.92 Å². The van der Waals surface area contributed by atoms with Crippen molar-refractivity contribution in [1.29, 1.82) is 0 Å². The minimum Gasteiger partial charge on any atom is -0.494 e. The molecule has 0 atom stereocenters. The lowest BCUT2D eigenvalue weighted by Gasteiger charge is -2.34. The first-order valence-corrected chi connectivity index (χ1v) is 12.1. The van der Waals surface area contributed by atoms with Crippen LogP contribution in [0.4, 0.5) is 0 Å². The second-order valence-corrected chi connectivity index (χ2v) is 9.68. The van der Waals surface area contributed by atoms with Gasteiger partial charge in [0.05, 0.1) is 18.0 Å². The van der Waals surface area contributed by atoms with Crippen molar-refractivity contribution in [3.8, 4) is 5.75 Å². The molecule has 1 aliphatic carbocycles. The van der Waals surface area contributed by atoms with E-state index in [2.05, 4.69) is 5.32 Å². The lowest BCUT2D eigenvalue weighted by atomic mass is 9.89. The molecule has 0 radical (unpaired) electrons. The van der Waals surface area contributed by atoms with E-state index in [0.29, 0.717) is 25.4 Å². The van der Waals surface area contributed by atoms with E-state index in [4.69, 9.17) is 4.74 Å². The van der Waals surface area contributed by atoms with Crippen LogP contribution in [0.3, 0.4) is 0 Å². The molecule has 1 aliphatic heterocycles. The van der Waals surface area contributed by atoms with E-state index >= 15 is 0 Å². The Morgan fingerprint density at radius 2 is 1.67 bits per heavy atom. The fourth-order valence-corrected chi connectivity index (χ4v) is 5.41. The number of ether oxygens (including phenoxy) is 1. The number of nitrogens with zero attached hydrogens (tertiary/aromatic N) is 2. The molecule has 1 heterocycles. The zero-order valence-electron chi connectivity index (χ0n) is 17.5. The summed E-state index contributed by atoms with van der Waals surface area (Å²) >= 11 is 0. The van der Waals surface area contributed by atoms with Crippen molar-refractivity contribution in [1.82, 2.24) is 14.5 Å². The molecule has 2 fully saturated rings. The summed E-state index contributed by atoms with van der Waals surface area (Å²) in [5, 5.41) is 2.76. The molecule has 8 nitrogen and oxygen atoms in total. The normalized spacial score (nSPS) is 18.8. The molecule has 0 aromatic heterocycles. The summed E-state index contributed by atoms with van der Waals surface area (Å²) in [4.78, 5) is 26.5. The number of piperazine rings is 1. The second-order valence-electron chi connectivity index (χ2n) is 7.74. The molecule has 0 bridgehead atoms. The van der Waals surface area contributed by atoms with Crippen LogP contribution in [0.25, 0.3) is 0 Å². The summed E-state index contributed by atoms with van der Waals surface area (Å²) in [5.74, 6) is 0.432. The van der Waals surface area contributed by atoms with Gasteiger partial charge in [-0.15, -0.1) is 0 Å². The summed E-state index contributed by atoms with van der Waals surface area (Å²) in [6, 6.07) is 6.37. The van der Waals surface area contributed by atoms with Gasteiger partial charge in [0.15, 0.2) is 0 Å². The smallest absolute Gasteiger partial charge is 0.243 e. The van der Waals surface area contributed by atoms with E-state index in [1.54, 1.807) is 29.2 Å². The fourth-order valence-electron chi connectivity index (χ4n) is 3.99. The number of sulfonamides is 1. The summed E-state index contributed by atoms with van der Waals surface area (Å²) < 4.78 is 32.4. The summed E-state index contributed by atoms with van der Waals surface area (Å²) in [5.41, 5.74) is 0. The molecular weight excluding hydrogens is 406 g/mol. The molecule has 9 heteroatoms. The van der Waals surface area contributed by atoms with Crippen LogP contribution in [-0.4, -0.2) is 68.8 Å². The largest absolute Gasteiger partial charge is 0.494 e. The minimum atomic E-state index is -3.61. The van der Waals surface area contributed by atoms with Crippen molar-refractivity contribution in [2.75, 3.05) is 39.3 Å². The summed E-state index contributed by atoms with van der Waals surface area (Å²) in [6.07, 6.45) is 5.09. The van der Waals surface area contributed by atoms with Crippen molar-refractivity contribution < 1.29 is 22.7 Å². The first kappa shape index (κ1) is 22.6. The number of carbonyl (C=O) groups excluding carboxylic acids is 2. The quantitative estimate of drug-likeness (QED) is 0.699. The molecule has 1 saturated heterocycles. The van der Waals surface area contributed by atoms with Crippen LogP contribution >= 0.6 is 0 Å². The first-order valence-electron chi connectivity index (χ1n) is 10.7. The number of hydrogen-bond donors (Lipinski definition) is 1. The summed E-state index contributed by atoms with van der Waals surface area (Å²) in [7, 11) is -3.61. The van der Waals surface area contributed by atoms with Gasteiger partial charge in [-0.1, -0.05) is 19.3 Å². The van der Waals surface area contributed by atoms with Gasteiger partial charge in [-0.3, -0.25) is 9.59 Å². The van der Waals surface area contributed by atoms with Gasteiger partial charge < -0.3 is 15.0 Å². The average molecular weight is 438 g/mol. The van der Waals surface area contributed by atoms with Crippen LogP contribution in [0.5, 0.6) is 5.75 Å². The predicted molar refractivity (Wildman–Crippen MR) is 113 cm³/mol. The van der Waals surface area contributed by atoms with Crippen LogP contribution < -0.4 is 10.1 Å². The maximum absolute atomic E-state index is 12.8. The maximum Gasteiger partial charge on any atom is 0.243 e. The van der Waals surface area contributed by atoms with Gasteiger partial charge in [0.25, 0.3) is 0 Å². The Morgan fingerprint density at radius 1 is 1.03 bits per heavy atom. The second kappa shape index (κ2) is 10.3. The van der Waals surface area contributed by atoms with Crippen LogP contribution in [0.2, 0.25) is 0 Å². The average Bonchev–Trinajstić information content (AvgIpc) is 2.78. The van der Waals surface area contributed by atoms with E-state index in [1.807, 2.05) is 6.92 Å². The minimum absolute atomic E-state index is 0.0163. The molecule has 1 N–H and O–H groups in total. The Bertz CT molecular complexity index is 827. The predicted octanol–water partition coefficient (Wildman–Crippen LogP) is 1.61. The Hall–Kier alpha value is -2.13. The molecule has 166 valence electrons. The van der Waals surface area contributed by atoms with Crippen LogP contribution in [-0.2, 0) is 19.6 Å². The van der Waals surface area contributed by atoms with Gasteiger partial charge in [0.2, 0.25) is 21.8 Å². The molecule has 1 aromatic rings. The molecule has 3 rings (SSSR count). The van der Waals surface area contributed by atoms with E-state index in [0.717, 1.165) is 25.7 Å². The van der Waals surface area contributed by atoms with E-state index in [1.165, 1.54) is 10.7 Å². The topological polar surface area (TPSA) is 96.0 Å². The number of carbonyl (C=O) groups is 2. The zero-order valence-corrected chi connectivity index (χ0v) is 18.3. The first-order chi connectivity index (χ1) is 14.4. The van der Waals surface area contributed by atoms with Crippen LogP contribution in [0, 0.1) is 5.92 Å². The van der Waals surface area contributed by atoms with Crippen molar-refractivity contribution in [2.45, 2.75) is 43.9 Å². The van der Waals surface area contributed by atoms with Crippen molar-refractivity contribution in [3.63, 3.8) is 0 Å². The number of amides is 2. The van der Waals surface area contributed by atoms with Crippen molar-refractivity contribution in [3.05, 3.63) is 24.3 Å². The lowest BCUT2D eigenvalue weighted by Crippen LogP contribution is -2.52. The highest BCUT2D eigenvalue weighted by molar-refractivity contribution is 7.89. The van der Waals surface area contributed by atoms with Gasteiger partial charge in [0.1, 0.15) is 5.75 Å². The maximum atomic E-state index is 12.8. The Morgan fingerprint density at radius 3 is 2.27 bits per heavy atom. The molecular formula is C21H31N3O5S. The van der Waals surface area contributed by atoms with Gasteiger partial charge in [-0.05, 0) is 44.0 Å². The molecule has 2 amide bonds. The molecule has 30 heavy (non-hydrogen) atoms. The number of nitrogens with one attached hydrogen (secondary N) is 1. The summed E-state index contributed by atoms with van der Waals surface area (Å²) in [6.45, 7) is 3.45. The van der Waals surface area contributed by atoms with Crippen molar-refractivity contribution >= 4 is 21.8 Å². The third-order valence-electron chi connectivity index (χ3n) is 5.75. The molecule has 1 saturated carbocycles. The van der Waals surface area contributed by atoms with E-state index in [-0.39, 0.29) is 42.3 Å². The molecule has 1 aromatic carbocycles. The SMILES string of the molecule is CCOc1ccc(S(=O)(=O)N2CCN(C(=O)CNC(=O)C3CCCCC3)CC2)cc1. The zero-order chi connectivity index (χ0) is 21.6. The number of benzene rings is 1. The monoisotopic (exact) mass is 437 g/mol. The molecule has 0 spiro atoms. The highest BCUT2D eigenvalue weighted by Gasteiger charge is 2.30. The molecule has 0 unspecified atom stereocenters. The molecule has 2 aliphatic rings. The van der Waals surface area contributed by atoms with Gasteiger partial charge >= 0.3 is 0 Å². The van der Waals surface area contributed by atoms with Gasteiger partial charge in [0, 0.05) is 32.1 Å². The van der Waals surface area contributed by atoms with Gasteiger partial charge in [-0.2, -0.15) is 4.31 Å². The fraction of sp³-hybridized carbons (Fsp3) is 0.619. The number of hydrogen-bond acceptors (Lipinski definition) is 5. The highest BCUT2D eigenvalue weighted by atomic mass is 32.2. The Balaban J connectivity index is 1.48. The van der Waals surface area contributed by atoms with Gasteiger partial charge in [-0.25, -0.2) is 8.42 Å². The number of rotatable bonds is 7. The van der Waals surface area contributed by atoms with E-state index < -0.39 is 10.0 Å². The highest BCUT2D eigenvalue weighted by Crippen LogP contribution is 2.24. The van der Waals surface area contributed by atoms with E-state index in [9.17, 15) is 18.0 Å². The standard InChI is InChI=1S/C21H31N3O5S/c1-2-29-18-8-10-19(11-9-18)30(27,28)24-14-12-23(13-15-24)20(25)16-22-21(26)17-6-4-3-5-7-17/h8-11,17H,2-7,12-16H2,1H3,(H,22,26). The van der Waals surface area contributed by atoms with Crippen LogP contribution in [0.15, 0.2) is 29.2 Å². The Kier molecular flexibility index (Phi) is 7.71. The third kappa shape index (κ3) is 5.51. The Labute approximate surface area is 178 Å². The third-order valence-corrected chi connectivity index (χ3v) is 7.67.